The van der Waals surface area contributed by atoms with Crippen molar-refractivity contribution in [2.45, 2.75) is 38.8 Å². The predicted octanol–water partition coefficient (Wildman–Crippen LogP) is 3.21. The second-order valence-electron chi connectivity index (χ2n) is 7.17. The van der Waals surface area contributed by atoms with Gasteiger partial charge >= 0.3 is 0 Å². The molecule has 0 aliphatic carbocycles. The first kappa shape index (κ1) is 20.9. The second-order valence-corrected chi connectivity index (χ2v) is 7.17. The zero-order chi connectivity index (χ0) is 20.5. The highest BCUT2D eigenvalue weighted by molar-refractivity contribution is 5.80. The van der Waals surface area contributed by atoms with Crippen LogP contribution in [0.2, 0.25) is 0 Å². The number of nitrogens with one attached hydrogen (secondary N) is 2. The Morgan fingerprint density at radius 1 is 1.24 bits per heavy atom. The molecule has 1 saturated heterocycles. The molecule has 0 radical (unpaired) electrons. The van der Waals surface area contributed by atoms with E-state index < -0.39 is 0 Å². The van der Waals surface area contributed by atoms with E-state index in [0.29, 0.717) is 12.6 Å². The summed E-state index contributed by atoms with van der Waals surface area (Å²) < 4.78 is 19.4. The lowest BCUT2D eigenvalue weighted by atomic mass is 10.1. The van der Waals surface area contributed by atoms with Crippen molar-refractivity contribution < 1.29 is 9.13 Å². The Morgan fingerprint density at radius 3 is 2.69 bits per heavy atom. The van der Waals surface area contributed by atoms with Gasteiger partial charge in [-0.05, 0) is 51.0 Å². The summed E-state index contributed by atoms with van der Waals surface area (Å²) in [5.74, 6) is 1.71. The van der Waals surface area contributed by atoms with Crippen molar-refractivity contribution >= 4 is 11.8 Å². The molecule has 1 unspecified atom stereocenters. The molecule has 1 aromatic carbocycles. The molecule has 1 fully saturated rings. The van der Waals surface area contributed by atoms with E-state index in [0.717, 1.165) is 44.3 Å². The number of para-hydroxylation sites is 1. The molecule has 0 bridgehead atoms. The van der Waals surface area contributed by atoms with Gasteiger partial charge in [0, 0.05) is 31.9 Å². The van der Waals surface area contributed by atoms with Gasteiger partial charge in [-0.1, -0.05) is 18.2 Å². The molecular weight excluding hydrogens is 369 g/mol. The summed E-state index contributed by atoms with van der Waals surface area (Å²) in [5, 5.41) is 6.81. The SMILES string of the molecule is CCNC(=NCC(C)Oc1ccccc1F)NC1CCN(c2ccccn2)CC1. The van der Waals surface area contributed by atoms with Crippen LogP contribution in [0, 0.1) is 5.82 Å². The average molecular weight is 400 g/mol. The molecule has 0 amide bonds. The topological polar surface area (TPSA) is 61.8 Å². The first-order valence-corrected chi connectivity index (χ1v) is 10.3. The minimum absolute atomic E-state index is 0.228. The summed E-state index contributed by atoms with van der Waals surface area (Å²) >= 11 is 0. The van der Waals surface area contributed by atoms with Crippen LogP contribution in [0.15, 0.2) is 53.7 Å². The Balaban J connectivity index is 1.50. The highest BCUT2D eigenvalue weighted by atomic mass is 19.1. The number of ether oxygens (including phenoxy) is 1. The van der Waals surface area contributed by atoms with Gasteiger partial charge < -0.3 is 20.3 Å². The lowest BCUT2D eigenvalue weighted by molar-refractivity contribution is 0.220. The van der Waals surface area contributed by atoms with Gasteiger partial charge in [-0.2, -0.15) is 0 Å². The van der Waals surface area contributed by atoms with Gasteiger partial charge in [0.1, 0.15) is 11.9 Å². The number of nitrogens with zero attached hydrogens (tertiary/aromatic N) is 3. The first-order chi connectivity index (χ1) is 14.2. The summed E-state index contributed by atoms with van der Waals surface area (Å²) in [6.45, 7) is 7.07. The molecule has 1 aliphatic heterocycles. The molecule has 1 aromatic heterocycles. The highest BCUT2D eigenvalue weighted by Crippen LogP contribution is 2.18. The first-order valence-electron chi connectivity index (χ1n) is 10.3. The van der Waals surface area contributed by atoms with Crippen LogP contribution in [0.5, 0.6) is 5.75 Å². The lowest BCUT2D eigenvalue weighted by Crippen LogP contribution is -2.49. The van der Waals surface area contributed by atoms with E-state index in [4.69, 9.17) is 4.74 Å². The van der Waals surface area contributed by atoms with Gasteiger partial charge in [0.25, 0.3) is 0 Å². The third-order valence-electron chi connectivity index (χ3n) is 4.82. The number of piperidine rings is 1. The Morgan fingerprint density at radius 2 is 2.00 bits per heavy atom. The molecule has 6 nitrogen and oxygen atoms in total. The summed E-state index contributed by atoms with van der Waals surface area (Å²) in [5.41, 5.74) is 0. The van der Waals surface area contributed by atoms with E-state index >= 15 is 0 Å². The predicted molar refractivity (Wildman–Crippen MR) is 115 cm³/mol. The molecule has 156 valence electrons. The molecule has 7 heteroatoms. The molecule has 3 rings (SSSR count). The Kier molecular flexibility index (Phi) is 7.67. The minimum Gasteiger partial charge on any atom is -0.486 e. The quantitative estimate of drug-likeness (QED) is 0.553. The number of guanidine groups is 1. The summed E-state index contributed by atoms with van der Waals surface area (Å²) in [4.78, 5) is 11.4. The molecule has 0 saturated carbocycles. The summed E-state index contributed by atoms with van der Waals surface area (Å²) in [6.07, 6.45) is 3.64. The molecule has 1 atom stereocenters. The number of rotatable bonds is 7. The molecule has 2 N–H and O–H groups in total. The maximum Gasteiger partial charge on any atom is 0.191 e. The van der Waals surface area contributed by atoms with Crippen LogP contribution in [0.3, 0.4) is 0 Å². The van der Waals surface area contributed by atoms with E-state index in [-0.39, 0.29) is 17.7 Å². The van der Waals surface area contributed by atoms with Crippen molar-refractivity contribution in [1.29, 1.82) is 0 Å². The monoisotopic (exact) mass is 399 g/mol. The van der Waals surface area contributed by atoms with Crippen molar-refractivity contribution in [3.05, 3.63) is 54.5 Å². The third kappa shape index (κ3) is 6.34. The van der Waals surface area contributed by atoms with Crippen LogP contribution in [0.4, 0.5) is 10.2 Å². The standard InChI is InChI=1S/C22H30FN5O/c1-3-24-22(26-16-17(2)29-20-9-5-4-8-19(20)23)27-18-11-14-28(15-12-18)21-10-6-7-13-25-21/h4-10,13,17-18H,3,11-12,14-16H2,1-2H3,(H2,24,26,27). The third-order valence-corrected chi connectivity index (χ3v) is 4.82. The second kappa shape index (κ2) is 10.6. The van der Waals surface area contributed by atoms with Gasteiger partial charge in [-0.15, -0.1) is 0 Å². The number of hydrogen-bond acceptors (Lipinski definition) is 4. The maximum absolute atomic E-state index is 13.7. The van der Waals surface area contributed by atoms with Crippen molar-refractivity contribution in [3.63, 3.8) is 0 Å². The molecule has 2 aromatic rings. The van der Waals surface area contributed by atoms with Crippen LogP contribution in [0.25, 0.3) is 0 Å². The van der Waals surface area contributed by atoms with E-state index in [2.05, 4.69) is 31.6 Å². The average Bonchev–Trinajstić information content (AvgIpc) is 2.75. The number of halogens is 1. The fourth-order valence-electron chi connectivity index (χ4n) is 3.32. The number of aliphatic imine (C=N–C) groups is 1. The van der Waals surface area contributed by atoms with Crippen LogP contribution in [-0.4, -0.2) is 49.3 Å². The van der Waals surface area contributed by atoms with Gasteiger partial charge in [-0.3, -0.25) is 0 Å². The Labute approximate surface area is 172 Å². The van der Waals surface area contributed by atoms with Crippen LogP contribution >= 0.6 is 0 Å². The zero-order valence-corrected chi connectivity index (χ0v) is 17.1. The van der Waals surface area contributed by atoms with E-state index in [1.165, 1.54) is 6.07 Å². The van der Waals surface area contributed by atoms with E-state index in [1.54, 1.807) is 18.2 Å². The van der Waals surface area contributed by atoms with E-state index in [9.17, 15) is 4.39 Å². The maximum atomic E-state index is 13.7. The Hall–Kier alpha value is -2.83. The van der Waals surface area contributed by atoms with Gasteiger partial charge in [0.05, 0.1) is 6.54 Å². The van der Waals surface area contributed by atoms with Crippen molar-refractivity contribution in [1.82, 2.24) is 15.6 Å². The van der Waals surface area contributed by atoms with Crippen LogP contribution in [-0.2, 0) is 0 Å². The summed E-state index contributed by atoms with van der Waals surface area (Å²) in [6, 6.07) is 12.8. The van der Waals surface area contributed by atoms with Crippen molar-refractivity contribution in [2.24, 2.45) is 4.99 Å². The largest absolute Gasteiger partial charge is 0.486 e. The zero-order valence-electron chi connectivity index (χ0n) is 17.1. The smallest absolute Gasteiger partial charge is 0.191 e. The highest BCUT2D eigenvalue weighted by Gasteiger charge is 2.21. The minimum atomic E-state index is -0.354. The van der Waals surface area contributed by atoms with Crippen molar-refractivity contribution in [3.8, 4) is 5.75 Å². The molecule has 29 heavy (non-hydrogen) atoms. The number of hydrogen-bond donors (Lipinski definition) is 2. The number of aromatic nitrogens is 1. The van der Waals surface area contributed by atoms with Crippen LogP contribution in [0.1, 0.15) is 26.7 Å². The normalized spacial score (nSPS) is 16.4. The van der Waals surface area contributed by atoms with Gasteiger partial charge in [0.2, 0.25) is 0 Å². The molecule has 0 spiro atoms. The fourth-order valence-corrected chi connectivity index (χ4v) is 3.32. The molecular formula is C22H30FN5O. The number of anilines is 1. The van der Waals surface area contributed by atoms with Gasteiger partial charge in [0.15, 0.2) is 17.5 Å². The summed E-state index contributed by atoms with van der Waals surface area (Å²) in [7, 11) is 0. The molecule has 1 aliphatic rings. The molecule has 2 heterocycles. The van der Waals surface area contributed by atoms with Gasteiger partial charge in [-0.25, -0.2) is 14.4 Å². The number of pyridine rings is 1. The van der Waals surface area contributed by atoms with E-state index in [1.807, 2.05) is 32.2 Å². The Bertz CT molecular complexity index is 778. The number of benzene rings is 1. The van der Waals surface area contributed by atoms with Crippen molar-refractivity contribution in [2.75, 3.05) is 31.1 Å². The lowest BCUT2D eigenvalue weighted by Gasteiger charge is -2.33. The fraction of sp³-hybridized carbons (Fsp3) is 0.455. The van der Waals surface area contributed by atoms with Crippen LogP contribution < -0.4 is 20.3 Å².